The number of anilines is 2. The van der Waals surface area contributed by atoms with Gasteiger partial charge in [-0.15, -0.1) is 0 Å². The van der Waals surface area contributed by atoms with Gasteiger partial charge in [-0.1, -0.05) is 6.92 Å². The quantitative estimate of drug-likeness (QED) is 0.846. The zero-order valence-corrected chi connectivity index (χ0v) is 10.3. The fourth-order valence-electron chi connectivity index (χ4n) is 2.13. The van der Waals surface area contributed by atoms with Crippen LogP contribution in [-0.4, -0.2) is 29.6 Å². The molecule has 0 aromatic carbocycles. The monoisotopic (exact) mass is 220 g/mol. The number of nitrogens with zero attached hydrogens (tertiary/aromatic N) is 3. The Hall–Kier alpha value is -1.32. The van der Waals surface area contributed by atoms with E-state index in [1.54, 1.807) is 0 Å². The van der Waals surface area contributed by atoms with Crippen LogP contribution in [-0.2, 0) is 0 Å². The fourth-order valence-corrected chi connectivity index (χ4v) is 2.13. The first-order valence-corrected chi connectivity index (χ1v) is 6.03. The Bertz CT molecular complexity index is 364. The first-order chi connectivity index (χ1) is 7.69. The molecule has 0 bridgehead atoms. The Labute approximate surface area is 97.1 Å². The van der Waals surface area contributed by atoms with Gasteiger partial charge in [0.1, 0.15) is 17.5 Å². The smallest absolute Gasteiger partial charge is 0.134 e. The lowest BCUT2D eigenvalue weighted by molar-refractivity contribution is 0.658. The van der Waals surface area contributed by atoms with Crippen molar-refractivity contribution in [2.24, 2.45) is 5.92 Å². The molecule has 1 atom stereocenters. The zero-order chi connectivity index (χ0) is 11.5. The molecule has 1 aromatic rings. The van der Waals surface area contributed by atoms with E-state index < -0.39 is 0 Å². The minimum Gasteiger partial charge on any atom is -0.370 e. The van der Waals surface area contributed by atoms with Gasteiger partial charge in [0.15, 0.2) is 0 Å². The van der Waals surface area contributed by atoms with Gasteiger partial charge in [0, 0.05) is 25.7 Å². The average Bonchev–Trinajstić information content (AvgIpc) is 2.64. The number of hydrogen-bond acceptors (Lipinski definition) is 4. The lowest BCUT2D eigenvalue weighted by Gasteiger charge is -2.18. The maximum atomic E-state index is 4.51. The summed E-state index contributed by atoms with van der Waals surface area (Å²) in [7, 11) is 0. The van der Waals surface area contributed by atoms with E-state index in [1.807, 2.05) is 6.92 Å². The van der Waals surface area contributed by atoms with Crippen LogP contribution in [0.2, 0.25) is 0 Å². The first kappa shape index (κ1) is 11.2. The molecule has 0 radical (unpaired) electrons. The van der Waals surface area contributed by atoms with E-state index in [4.69, 9.17) is 0 Å². The molecule has 2 heterocycles. The molecule has 1 aromatic heterocycles. The highest BCUT2D eigenvalue weighted by atomic mass is 15.2. The van der Waals surface area contributed by atoms with Gasteiger partial charge in [0.25, 0.3) is 0 Å². The molecule has 88 valence electrons. The molecule has 0 aliphatic carbocycles. The molecule has 1 saturated heterocycles. The molecular formula is C12H20N4. The molecule has 1 aliphatic heterocycles. The molecule has 0 amide bonds. The van der Waals surface area contributed by atoms with Gasteiger partial charge in [-0.25, -0.2) is 9.97 Å². The van der Waals surface area contributed by atoms with Crippen molar-refractivity contribution in [2.45, 2.75) is 27.2 Å². The normalized spacial score (nSPS) is 20.2. The van der Waals surface area contributed by atoms with Crippen LogP contribution in [0.3, 0.4) is 0 Å². The summed E-state index contributed by atoms with van der Waals surface area (Å²) >= 11 is 0. The third-order valence-electron chi connectivity index (χ3n) is 2.93. The Morgan fingerprint density at radius 3 is 2.94 bits per heavy atom. The third-order valence-corrected chi connectivity index (χ3v) is 2.93. The maximum Gasteiger partial charge on any atom is 0.134 e. The van der Waals surface area contributed by atoms with Gasteiger partial charge < -0.3 is 10.2 Å². The first-order valence-electron chi connectivity index (χ1n) is 6.03. The van der Waals surface area contributed by atoms with Gasteiger partial charge >= 0.3 is 0 Å². The van der Waals surface area contributed by atoms with Crippen molar-refractivity contribution in [2.75, 3.05) is 29.9 Å². The second-order valence-corrected chi connectivity index (χ2v) is 4.53. The molecule has 2 rings (SSSR count). The van der Waals surface area contributed by atoms with Gasteiger partial charge in [-0.3, -0.25) is 0 Å². The largest absolute Gasteiger partial charge is 0.370 e. The van der Waals surface area contributed by atoms with Crippen LogP contribution in [0.25, 0.3) is 0 Å². The molecule has 1 aliphatic rings. The topological polar surface area (TPSA) is 41.0 Å². The van der Waals surface area contributed by atoms with Crippen LogP contribution in [0.5, 0.6) is 0 Å². The molecule has 4 heteroatoms. The molecule has 0 saturated carbocycles. The van der Waals surface area contributed by atoms with Crippen molar-refractivity contribution in [3.8, 4) is 0 Å². The minimum atomic E-state index is 0.776. The van der Waals surface area contributed by atoms with Crippen molar-refractivity contribution < 1.29 is 0 Å². The Kier molecular flexibility index (Phi) is 3.27. The summed E-state index contributed by atoms with van der Waals surface area (Å²) in [6.07, 6.45) is 1.26. The average molecular weight is 220 g/mol. The highest BCUT2D eigenvalue weighted by Crippen LogP contribution is 2.23. The molecular weight excluding hydrogens is 200 g/mol. The van der Waals surface area contributed by atoms with Crippen molar-refractivity contribution in [3.05, 3.63) is 11.9 Å². The van der Waals surface area contributed by atoms with Crippen molar-refractivity contribution in [1.29, 1.82) is 0 Å². The predicted octanol–water partition coefficient (Wildman–Crippen LogP) is 2.06. The van der Waals surface area contributed by atoms with Crippen LogP contribution >= 0.6 is 0 Å². The summed E-state index contributed by atoms with van der Waals surface area (Å²) in [4.78, 5) is 11.2. The predicted molar refractivity (Wildman–Crippen MR) is 66.9 cm³/mol. The maximum absolute atomic E-state index is 4.51. The SMILES string of the molecule is CCNc1cc(N2CCC(C)C2)nc(C)n1. The van der Waals surface area contributed by atoms with E-state index in [0.29, 0.717) is 0 Å². The summed E-state index contributed by atoms with van der Waals surface area (Å²) in [5.74, 6) is 3.61. The Morgan fingerprint density at radius 1 is 1.50 bits per heavy atom. The molecule has 0 spiro atoms. The van der Waals surface area contributed by atoms with Crippen LogP contribution in [0.15, 0.2) is 6.07 Å². The van der Waals surface area contributed by atoms with Crippen LogP contribution in [0.4, 0.5) is 11.6 Å². The number of aromatic nitrogens is 2. The highest BCUT2D eigenvalue weighted by molar-refractivity contribution is 5.49. The molecule has 1 N–H and O–H groups in total. The third kappa shape index (κ3) is 2.43. The molecule has 16 heavy (non-hydrogen) atoms. The zero-order valence-electron chi connectivity index (χ0n) is 10.3. The van der Waals surface area contributed by atoms with Crippen LogP contribution < -0.4 is 10.2 Å². The minimum absolute atomic E-state index is 0.776. The summed E-state index contributed by atoms with van der Waals surface area (Å²) < 4.78 is 0. The van der Waals surface area contributed by atoms with Gasteiger partial charge in [-0.05, 0) is 26.2 Å². The van der Waals surface area contributed by atoms with E-state index in [2.05, 4.69) is 40.1 Å². The van der Waals surface area contributed by atoms with Crippen LogP contribution in [0, 0.1) is 12.8 Å². The lowest BCUT2D eigenvalue weighted by atomic mass is 10.2. The summed E-state index contributed by atoms with van der Waals surface area (Å²) in [5, 5.41) is 3.25. The summed E-state index contributed by atoms with van der Waals surface area (Å²) in [5.41, 5.74) is 0. The molecule has 4 nitrogen and oxygen atoms in total. The fraction of sp³-hybridized carbons (Fsp3) is 0.667. The van der Waals surface area contributed by atoms with Gasteiger partial charge in [-0.2, -0.15) is 0 Å². The van der Waals surface area contributed by atoms with Gasteiger partial charge in [0.05, 0.1) is 0 Å². The van der Waals surface area contributed by atoms with E-state index in [1.165, 1.54) is 6.42 Å². The summed E-state index contributed by atoms with van der Waals surface area (Å²) in [6.45, 7) is 9.44. The standard InChI is InChI=1S/C12H20N4/c1-4-13-11-7-12(15-10(3)14-11)16-6-5-9(2)8-16/h7,9H,4-6,8H2,1-3H3,(H,13,14,15). The Balaban J connectivity index is 2.20. The molecule has 1 unspecified atom stereocenters. The second kappa shape index (κ2) is 4.68. The van der Waals surface area contributed by atoms with Gasteiger partial charge in [0.2, 0.25) is 0 Å². The van der Waals surface area contributed by atoms with E-state index in [-0.39, 0.29) is 0 Å². The Morgan fingerprint density at radius 2 is 2.31 bits per heavy atom. The molecule has 1 fully saturated rings. The van der Waals surface area contributed by atoms with E-state index in [0.717, 1.165) is 43.0 Å². The number of rotatable bonds is 3. The van der Waals surface area contributed by atoms with Crippen molar-refractivity contribution in [3.63, 3.8) is 0 Å². The van der Waals surface area contributed by atoms with Crippen molar-refractivity contribution in [1.82, 2.24) is 9.97 Å². The number of aryl methyl sites for hydroxylation is 1. The van der Waals surface area contributed by atoms with Crippen molar-refractivity contribution >= 4 is 11.6 Å². The highest BCUT2D eigenvalue weighted by Gasteiger charge is 2.20. The van der Waals surface area contributed by atoms with E-state index in [9.17, 15) is 0 Å². The second-order valence-electron chi connectivity index (χ2n) is 4.53. The lowest BCUT2D eigenvalue weighted by Crippen LogP contribution is -2.21. The number of hydrogen-bond donors (Lipinski definition) is 1. The van der Waals surface area contributed by atoms with E-state index >= 15 is 0 Å². The number of nitrogens with one attached hydrogen (secondary N) is 1. The van der Waals surface area contributed by atoms with Crippen LogP contribution in [0.1, 0.15) is 26.1 Å². The summed E-state index contributed by atoms with van der Waals surface area (Å²) in [6, 6.07) is 2.05.